The monoisotopic (exact) mass is 475 g/mol. The fourth-order valence-electron chi connectivity index (χ4n) is 7.37. The number of allylic oxidation sites excluding steroid dienone is 2. The van der Waals surface area contributed by atoms with Gasteiger partial charge in [-0.2, -0.15) is 0 Å². The first-order valence-electron chi connectivity index (χ1n) is 13.7. The normalized spacial score (nSPS) is 32.3. The lowest BCUT2D eigenvalue weighted by Crippen LogP contribution is -2.46. The van der Waals surface area contributed by atoms with Gasteiger partial charge in [-0.3, -0.25) is 0 Å². The lowest BCUT2D eigenvalue weighted by Gasteiger charge is -2.44. The first-order chi connectivity index (χ1) is 16.0. The van der Waals surface area contributed by atoms with Gasteiger partial charge in [-0.25, -0.2) is 0 Å². The van der Waals surface area contributed by atoms with Crippen LogP contribution in [0.3, 0.4) is 0 Å². The minimum atomic E-state index is -0.345. The Morgan fingerprint density at radius 1 is 0.771 bits per heavy atom. The number of benzene rings is 1. The molecule has 0 radical (unpaired) electrons. The molecule has 1 N–H and O–H groups in total. The highest BCUT2D eigenvalue weighted by Gasteiger charge is 2.60. The van der Waals surface area contributed by atoms with Crippen LogP contribution < -0.4 is 5.32 Å². The maximum absolute atomic E-state index is 6.59. The minimum absolute atomic E-state index is 0.0863. The van der Waals surface area contributed by atoms with Gasteiger partial charge in [-0.15, -0.1) is 0 Å². The Labute approximate surface area is 214 Å². The summed E-state index contributed by atoms with van der Waals surface area (Å²) >= 11 is 0. The molecule has 2 bridgehead atoms. The van der Waals surface area contributed by atoms with Crippen molar-refractivity contribution in [3.8, 4) is 0 Å². The van der Waals surface area contributed by atoms with E-state index in [1.54, 1.807) is 0 Å². The molecule has 4 heteroatoms. The number of rotatable bonds is 3. The van der Waals surface area contributed by atoms with Crippen LogP contribution >= 0.6 is 0 Å². The maximum Gasteiger partial charge on any atom is 0.490 e. The van der Waals surface area contributed by atoms with Gasteiger partial charge in [0, 0.05) is 17.2 Å². The van der Waals surface area contributed by atoms with Gasteiger partial charge >= 0.3 is 7.12 Å². The van der Waals surface area contributed by atoms with Crippen molar-refractivity contribution in [2.75, 3.05) is 0 Å². The predicted octanol–water partition coefficient (Wildman–Crippen LogP) is 7.43. The minimum Gasteiger partial charge on any atom is -0.400 e. The summed E-state index contributed by atoms with van der Waals surface area (Å²) in [6, 6.07) is 5.10. The van der Waals surface area contributed by atoms with E-state index in [0.29, 0.717) is 0 Å². The van der Waals surface area contributed by atoms with Crippen LogP contribution in [0.4, 0.5) is 0 Å². The summed E-state index contributed by atoms with van der Waals surface area (Å²) in [6.45, 7) is 27.9. The molecule has 1 saturated heterocycles. The summed E-state index contributed by atoms with van der Waals surface area (Å²) in [7, 11) is -0.321. The van der Waals surface area contributed by atoms with Crippen LogP contribution in [0, 0.1) is 11.3 Å². The summed E-state index contributed by atoms with van der Waals surface area (Å²) in [6.07, 6.45) is 6.62. The summed E-state index contributed by atoms with van der Waals surface area (Å²) < 4.78 is 13.2. The molecule has 1 aromatic rings. The second kappa shape index (κ2) is 7.07. The Hall–Kier alpha value is -1.52. The third-order valence-electron chi connectivity index (χ3n) is 11.7. The van der Waals surface area contributed by atoms with E-state index in [2.05, 4.69) is 113 Å². The van der Waals surface area contributed by atoms with Crippen molar-refractivity contribution in [1.82, 2.24) is 5.32 Å². The van der Waals surface area contributed by atoms with Gasteiger partial charge in [-0.1, -0.05) is 67.5 Å². The Bertz CT molecular complexity index is 1140. The molecule has 2 atom stereocenters. The molecule has 3 heterocycles. The summed E-state index contributed by atoms with van der Waals surface area (Å²) in [5.74, 6) is 0.279. The Kier molecular flexibility index (Phi) is 5.08. The van der Waals surface area contributed by atoms with E-state index in [1.165, 1.54) is 33.4 Å². The first-order valence-corrected chi connectivity index (χ1v) is 13.7. The molecular weight excluding hydrogens is 429 g/mol. The zero-order valence-corrected chi connectivity index (χ0v) is 24.2. The van der Waals surface area contributed by atoms with Gasteiger partial charge in [0.15, 0.2) is 0 Å². The SMILES string of the molecule is CCC1C(B2OC(C)(C)C(C)(C)O2)=CC=C2NC1(CC)c1cc3c(cc12)C(C)(C)C(C)(C)C3(C)C. The molecule has 5 rings (SSSR count). The zero-order chi connectivity index (χ0) is 26.0. The Morgan fingerprint density at radius 3 is 1.83 bits per heavy atom. The van der Waals surface area contributed by atoms with Gasteiger partial charge < -0.3 is 14.6 Å². The maximum atomic E-state index is 6.59. The van der Waals surface area contributed by atoms with Crippen molar-refractivity contribution < 1.29 is 9.31 Å². The van der Waals surface area contributed by atoms with Gasteiger partial charge in [0.2, 0.25) is 0 Å². The lowest BCUT2D eigenvalue weighted by atomic mass is 9.59. The van der Waals surface area contributed by atoms with Crippen molar-refractivity contribution >= 4 is 12.8 Å². The van der Waals surface area contributed by atoms with Crippen LogP contribution in [-0.4, -0.2) is 18.3 Å². The van der Waals surface area contributed by atoms with E-state index in [1.807, 2.05) is 0 Å². The molecule has 1 aromatic carbocycles. The molecule has 2 unspecified atom stereocenters. The predicted molar refractivity (Wildman–Crippen MR) is 147 cm³/mol. The third-order valence-corrected chi connectivity index (χ3v) is 11.7. The molecule has 0 amide bonds. The second-order valence-electron chi connectivity index (χ2n) is 14.1. The molecule has 0 spiro atoms. The molecule has 35 heavy (non-hydrogen) atoms. The fourth-order valence-corrected chi connectivity index (χ4v) is 7.37. The smallest absolute Gasteiger partial charge is 0.400 e. The third kappa shape index (κ3) is 2.87. The van der Waals surface area contributed by atoms with Crippen LogP contribution in [0.15, 0.2) is 29.8 Å². The van der Waals surface area contributed by atoms with Crippen LogP contribution in [-0.2, 0) is 25.7 Å². The number of nitrogens with one attached hydrogen (secondary N) is 1. The van der Waals surface area contributed by atoms with Crippen molar-refractivity contribution in [2.45, 2.75) is 123 Å². The first kappa shape index (κ1) is 25.1. The molecule has 1 aliphatic carbocycles. The van der Waals surface area contributed by atoms with E-state index in [4.69, 9.17) is 9.31 Å². The van der Waals surface area contributed by atoms with Crippen molar-refractivity contribution in [3.05, 3.63) is 52.0 Å². The van der Waals surface area contributed by atoms with E-state index in [0.717, 1.165) is 12.8 Å². The fraction of sp³-hybridized carbons (Fsp3) is 0.677. The number of hydrogen-bond acceptors (Lipinski definition) is 3. The largest absolute Gasteiger partial charge is 0.490 e. The lowest BCUT2D eigenvalue weighted by molar-refractivity contribution is 0.00578. The van der Waals surface area contributed by atoms with Crippen LogP contribution in [0.25, 0.3) is 5.70 Å². The Morgan fingerprint density at radius 2 is 1.31 bits per heavy atom. The average molecular weight is 476 g/mol. The molecule has 3 aliphatic heterocycles. The van der Waals surface area contributed by atoms with E-state index < -0.39 is 0 Å². The van der Waals surface area contributed by atoms with Crippen LogP contribution in [0.2, 0.25) is 0 Å². The van der Waals surface area contributed by atoms with E-state index >= 15 is 0 Å². The molecule has 3 nitrogen and oxygen atoms in total. The summed E-state index contributed by atoms with van der Waals surface area (Å²) in [5.41, 5.74) is 7.86. The summed E-state index contributed by atoms with van der Waals surface area (Å²) in [5, 5.41) is 4.05. The second-order valence-corrected chi connectivity index (χ2v) is 14.1. The molecule has 1 fully saturated rings. The van der Waals surface area contributed by atoms with Crippen molar-refractivity contribution in [1.29, 1.82) is 0 Å². The summed E-state index contributed by atoms with van der Waals surface area (Å²) in [4.78, 5) is 0. The standard InChI is InChI=1S/C31H46BNO2/c1-13-20-24(32-34-29(9,10)30(11,12)35-32)15-16-25-19-17-22-23(18-21(19)31(20,14-2)33-25)27(5,6)28(7,8)26(22,3)4/h15-18,20,33H,13-14H2,1-12H3. The molecule has 4 aliphatic rings. The molecular formula is C31H46BNO2. The highest BCUT2D eigenvalue weighted by Crippen LogP contribution is 2.63. The number of hydrogen-bond donors (Lipinski definition) is 1. The highest BCUT2D eigenvalue weighted by molar-refractivity contribution is 6.55. The quantitative estimate of drug-likeness (QED) is 0.461. The molecule has 0 saturated carbocycles. The van der Waals surface area contributed by atoms with Gasteiger partial charge in [0.25, 0.3) is 0 Å². The van der Waals surface area contributed by atoms with E-state index in [9.17, 15) is 0 Å². The van der Waals surface area contributed by atoms with Gasteiger partial charge in [0.05, 0.1) is 16.7 Å². The zero-order valence-electron chi connectivity index (χ0n) is 24.2. The molecule has 190 valence electrons. The van der Waals surface area contributed by atoms with Gasteiger partial charge in [0.1, 0.15) is 0 Å². The topological polar surface area (TPSA) is 30.5 Å². The highest BCUT2D eigenvalue weighted by atomic mass is 16.7. The average Bonchev–Trinajstić information content (AvgIpc) is 3.13. The molecule has 0 aromatic heterocycles. The van der Waals surface area contributed by atoms with E-state index in [-0.39, 0.29) is 46.0 Å². The Balaban J connectivity index is 1.70. The van der Waals surface area contributed by atoms with Crippen molar-refractivity contribution in [2.24, 2.45) is 11.3 Å². The van der Waals surface area contributed by atoms with Crippen LogP contribution in [0.1, 0.15) is 118 Å². The van der Waals surface area contributed by atoms with Crippen molar-refractivity contribution in [3.63, 3.8) is 0 Å². The van der Waals surface area contributed by atoms with Crippen LogP contribution in [0.5, 0.6) is 0 Å². The number of fused-ring (bicyclic) bond motifs is 6. The van der Waals surface area contributed by atoms with Gasteiger partial charge in [-0.05, 0) is 91.1 Å².